The Balaban J connectivity index is 0.827. The van der Waals surface area contributed by atoms with Crippen LogP contribution in [0.1, 0.15) is 71.7 Å². The zero-order valence-electron chi connectivity index (χ0n) is 31.5. The van der Waals surface area contributed by atoms with Crippen molar-refractivity contribution in [3.05, 3.63) is 149 Å². The first-order valence-electron chi connectivity index (χ1n) is 19.5. The van der Waals surface area contributed by atoms with Crippen molar-refractivity contribution in [2.75, 3.05) is 18.0 Å². The average molecular weight is 762 g/mol. The van der Waals surface area contributed by atoms with Crippen LogP contribution in [-0.2, 0) is 40.4 Å². The van der Waals surface area contributed by atoms with E-state index in [0.29, 0.717) is 19.6 Å². The number of carbonyl (C=O) groups is 3. The molecule has 2 N–H and O–H groups in total. The number of hydrogen-bond donors (Lipinski definition) is 2. The molecule has 2 aromatic heterocycles. The average Bonchev–Trinajstić information content (AvgIpc) is 4.10. The first kappa shape index (κ1) is 36.0. The number of imidazole rings is 2. The minimum absolute atomic E-state index is 0.0256. The van der Waals surface area contributed by atoms with E-state index in [9.17, 15) is 14.4 Å². The molecule has 0 radical (unpaired) electrons. The number of hydrogen-bond acceptors (Lipinski definition) is 7. The monoisotopic (exact) mass is 761 g/mol. The number of benzene rings is 4. The molecule has 5 heterocycles. The lowest BCUT2D eigenvalue weighted by atomic mass is 9.95. The standard InChI is InChI=1S/C45H43N7O5/c53-41-24-35-23-33(38-26-47-43(49-38)40-14-8-22-51(40)45(55)57-29-31-11-5-2-6-12-31)15-16-34(35)27-52(41)36-19-17-32(18-20-36)37-25-46-42(48-37)39-13-7-21-50(39)44(54)56-28-30-9-3-1-4-10-30/h1-6,9-12,15-20,23,25-26,39-40H,7-8,13-14,21-22,24,27-29H2,(H,46,48)(H,47,49)/t39-,40-/m0/s1. The highest BCUT2D eigenvalue weighted by molar-refractivity contribution is 5.97. The van der Waals surface area contributed by atoms with Crippen molar-refractivity contribution < 1.29 is 23.9 Å². The maximum absolute atomic E-state index is 13.5. The lowest BCUT2D eigenvalue weighted by Crippen LogP contribution is -2.36. The molecule has 6 aromatic rings. The van der Waals surface area contributed by atoms with Gasteiger partial charge in [0.25, 0.3) is 0 Å². The molecule has 0 unspecified atom stereocenters. The highest BCUT2D eigenvalue weighted by Gasteiger charge is 2.35. The second-order valence-corrected chi connectivity index (χ2v) is 14.8. The van der Waals surface area contributed by atoms with Crippen LogP contribution in [0.25, 0.3) is 22.5 Å². The van der Waals surface area contributed by atoms with Crippen LogP contribution in [0.15, 0.2) is 116 Å². The normalized spacial score (nSPS) is 17.8. The quantitative estimate of drug-likeness (QED) is 0.151. The Hall–Kier alpha value is -6.69. The third-order valence-corrected chi connectivity index (χ3v) is 11.2. The van der Waals surface area contributed by atoms with E-state index < -0.39 is 0 Å². The lowest BCUT2D eigenvalue weighted by molar-refractivity contribution is -0.118. The predicted octanol–water partition coefficient (Wildman–Crippen LogP) is 8.50. The van der Waals surface area contributed by atoms with Gasteiger partial charge >= 0.3 is 12.2 Å². The number of carbonyl (C=O) groups excluding carboxylic acids is 3. The van der Waals surface area contributed by atoms with Crippen LogP contribution in [-0.4, -0.2) is 60.9 Å². The largest absolute Gasteiger partial charge is 0.445 e. The Bertz CT molecular complexity index is 2380. The molecule has 9 rings (SSSR count). The maximum atomic E-state index is 13.5. The first-order chi connectivity index (χ1) is 28.0. The van der Waals surface area contributed by atoms with Crippen molar-refractivity contribution in [3.63, 3.8) is 0 Å². The molecule has 3 aliphatic rings. The summed E-state index contributed by atoms with van der Waals surface area (Å²) < 4.78 is 11.3. The number of rotatable bonds is 9. The Labute approximate surface area is 330 Å². The lowest BCUT2D eigenvalue weighted by Gasteiger charge is -2.29. The number of H-pyrrole nitrogens is 2. The van der Waals surface area contributed by atoms with E-state index in [1.54, 1.807) is 22.2 Å². The topological polar surface area (TPSA) is 137 Å². The Morgan fingerprint density at radius 1 is 0.649 bits per heavy atom. The number of likely N-dealkylation sites (tertiary alicyclic amines) is 2. The number of aromatic amines is 2. The molecule has 12 heteroatoms. The SMILES string of the molecule is O=C1Cc2cc(-c3cnc([C@@H]4CCCN4C(=O)OCc4ccccc4)[nH]3)ccc2CN1c1ccc(-c2cnc([C@@H]3CCCN3C(=O)OCc3ccccc3)[nH]2)cc1. The third-order valence-electron chi connectivity index (χ3n) is 11.2. The molecule has 12 nitrogen and oxygen atoms in total. The second-order valence-electron chi connectivity index (χ2n) is 14.8. The van der Waals surface area contributed by atoms with Crippen molar-refractivity contribution in [2.45, 2.75) is 63.9 Å². The Kier molecular flexibility index (Phi) is 9.98. The first-order valence-corrected chi connectivity index (χ1v) is 19.5. The molecule has 0 bridgehead atoms. The molecule has 0 spiro atoms. The van der Waals surface area contributed by atoms with Gasteiger partial charge in [-0.3, -0.25) is 14.6 Å². The zero-order valence-corrected chi connectivity index (χ0v) is 31.5. The number of nitrogens with zero attached hydrogens (tertiary/aromatic N) is 5. The van der Waals surface area contributed by atoms with Crippen molar-refractivity contribution in [1.82, 2.24) is 29.7 Å². The van der Waals surface area contributed by atoms with Gasteiger partial charge in [0.15, 0.2) is 0 Å². The van der Waals surface area contributed by atoms with Gasteiger partial charge in [0.2, 0.25) is 5.91 Å². The van der Waals surface area contributed by atoms with Crippen LogP contribution in [0.3, 0.4) is 0 Å². The van der Waals surface area contributed by atoms with Gasteiger partial charge in [0.05, 0.1) is 48.8 Å². The highest BCUT2D eigenvalue weighted by Crippen LogP contribution is 2.35. The predicted molar refractivity (Wildman–Crippen MR) is 214 cm³/mol. The molecule has 288 valence electrons. The summed E-state index contributed by atoms with van der Waals surface area (Å²) in [6.07, 6.45) is 6.57. The molecule has 3 aliphatic heterocycles. The van der Waals surface area contributed by atoms with Gasteiger partial charge < -0.3 is 24.3 Å². The van der Waals surface area contributed by atoms with E-state index in [1.165, 1.54) is 0 Å². The van der Waals surface area contributed by atoms with Crippen molar-refractivity contribution >= 4 is 23.8 Å². The van der Waals surface area contributed by atoms with E-state index in [4.69, 9.17) is 9.47 Å². The van der Waals surface area contributed by atoms with E-state index >= 15 is 0 Å². The van der Waals surface area contributed by atoms with Gasteiger partial charge in [-0.2, -0.15) is 0 Å². The minimum Gasteiger partial charge on any atom is -0.445 e. The maximum Gasteiger partial charge on any atom is 0.410 e. The smallest absolute Gasteiger partial charge is 0.410 e. The zero-order chi connectivity index (χ0) is 38.7. The summed E-state index contributed by atoms with van der Waals surface area (Å²) in [5, 5.41) is 0. The van der Waals surface area contributed by atoms with Crippen LogP contribution in [0.5, 0.6) is 0 Å². The van der Waals surface area contributed by atoms with E-state index in [2.05, 4.69) is 38.1 Å². The van der Waals surface area contributed by atoms with Crippen LogP contribution >= 0.6 is 0 Å². The summed E-state index contributed by atoms with van der Waals surface area (Å²) in [6.45, 7) is 2.17. The number of fused-ring (bicyclic) bond motifs is 1. The van der Waals surface area contributed by atoms with Gasteiger partial charge in [0.1, 0.15) is 24.9 Å². The molecule has 3 amide bonds. The summed E-state index contributed by atoms with van der Waals surface area (Å²) in [4.78, 5) is 61.1. The molecule has 0 aliphatic carbocycles. The molecule has 0 saturated carbocycles. The number of aromatic nitrogens is 4. The van der Waals surface area contributed by atoms with Crippen molar-refractivity contribution in [2.24, 2.45) is 0 Å². The fraction of sp³-hybridized carbons (Fsp3) is 0.267. The Morgan fingerprint density at radius 3 is 1.74 bits per heavy atom. The van der Waals surface area contributed by atoms with E-state index in [0.717, 1.165) is 87.8 Å². The summed E-state index contributed by atoms with van der Waals surface area (Å²) >= 11 is 0. The van der Waals surface area contributed by atoms with Gasteiger partial charge in [-0.25, -0.2) is 19.6 Å². The summed E-state index contributed by atoms with van der Waals surface area (Å²) in [5.41, 5.74) is 8.36. The second kappa shape index (κ2) is 15.8. The summed E-state index contributed by atoms with van der Waals surface area (Å²) in [7, 11) is 0. The summed E-state index contributed by atoms with van der Waals surface area (Å²) in [6, 6.07) is 33.1. The number of amides is 3. The van der Waals surface area contributed by atoms with Gasteiger partial charge in [-0.05, 0) is 77.3 Å². The molecule has 2 saturated heterocycles. The van der Waals surface area contributed by atoms with Crippen LogP contribution < -0.4 is 4.90 Å². The van der Waals surface area contributed by atoms with Gasteiger partial charge in [-0.15, -0.1) is 0 Å². The van der Waals surface area contributed by atoms with Gasteiger partial charge in [0, 0.05) is 18.8 Å². The fourth-order valence-corrected chi connectivity index (χ4v) is 8.13. The molecular weight excluding hydrogens is 719 g/mol. The molecule has 4 aromatic carbocycles. The van der Waals surface area contributed by atoms with Crippen LogP contribution in [0.4, 0.5) is 15.3 Å². The number of ether oxygens (including phenoxy) is 2. The van der Waals surface area contributed by atoms with Gasteiger partial charge in [-0.1, -0.05) is 84.9 Å². The Morgan fingerprint density at radius 2 is 1.18 bits per heavy atom. The van der Waals surface area contributed by atoms with E-state index in [-0.39, 0.29) is 49.8 Å². The third kappa shape index (κ3) is 7.62. The highest BCUT2D eigenvalue weighted by atomic mass is 16.6. The van der Waals surface area contributed by atoms with Crippen LogP contribution in [0.2, 0.25) is 0 Å². The number of anilines is 1. The molecule has 57 heavy (non-hydrogen) atoms. The van der Waals surface area contributed by atoms with Crippen LogP contribution in [0, 0.1) is 0 Å². The van der Waals surface area contributed by atoms with Crippen molar-refractivity contribution in [1.29, 1.82) is 0 Å². The number of nitrogens with one attached hydrogen (secondary N) is 2. The fourth-order valence-electron chi connectivity index (χ4n) is 8.13. The molecule has 2 atom stereocenters. The van der Waals surface area contributed by atoms with Crippen molar-refractivity contribution in [3.8, 4) is 22.5 Å². The minimum atomic E-state index is -0.340. The molecule has 2 fully saturated rings. The summed E-state index contributed by atoms with van der Waals surface area (Å²) in [5.74, 6) is 1.49. The van der Waals surface area contributed by atoms with E-state index in [1.807, 2.05) is 89.8 Å². The molecular formula is C45H43N7O5.